The van der Waals surface area contributed by atoms with Crippen LogP contribution >= 0.6 is 11.8 Å². The number of aryl methyl sites for hydroxylation is 2. The molecule has 36 heavy (non-hydrogen) atoms. The first-order chi connectivity index (χ1) is 17.5. The summed E-state index contributed by atoms with van der Waals surface area (Å²) in [4.78, 5) is 17.3. The van der Waals surface area contributed by atoms with Crippen molar-refractivity contribution in [3.05, 3.63) is 112 Å². The Balaban J connectivity index is 1.38. The Kier molecular flexibility index (Phi) is 5.42. The average molecular weight is 490 g/mol. The van der Waals surface area contributed by atoms with Crippen LogP contribution in [-0.2, 0) is 11.3 Å². The number of fused-ring (bicyclic) bond motifs is 2. The van der Waals surface area contributed by atoms with Crippen molar-refractivity contribution in [3.63, 3.8) is 0 Å². The minimum Gasteiger partial charge on any atom is -0.342 e. The molecule has 7 heteroatoms. The van der Waals surface area contributed by atoms with Crippen molar-refractivity contribution in [2.24, 2.45) is 10.1 Å². The molecular formula is C29H23N5OS. The number of carbonyl (C=O) groups excluding carboxylic acids is 1. The van der Waals surface area contributed by atoms with Crippen LogP contribution in [-0.4, -0.2) is 31.5 Å². The van der Waals surface area contributed by atoms with Gasteiger partial charge < -0.3 is 4.57 Å². The van der Waals surface area contributed by atoms with Gasteiger partial charge in [-0.05, 0) is 48.9 Å². The van der Waals surface area contributed by atoms with Gasteiger partial charge in [-0.2, -0.15) is 15.1 Å². The molecule has 0 atom stereocenters. The van der Waals surface area contributed by atoms with Crippen LogP contribution in [0.2, 0.25) is 0 Å². The zero-order valence-electron chi connectivity index (χ0n) is 19.9. The summed E-state index contributed by atoms with van der Waals surface area (Å²) in [6, 6.07) is 24.5. The van der Waals surface area contributed by atoms with Crippen molar-refractivity contribution in [1.29, 1.82) is 5.41 Å². The van der Waals surface area contributed by atoms with Gasteiger partial charge in [0.1, 0.15) is 5.04 Å². The van der Waals surface area contributed by atoms with Crippen molar-refractivity contribution < 1.29 is 4.79 Å². The summed E-state index contributed by atoms with van der Waals surface area (Å²) in [5, 5.41) is 17.0. The van der Waals surface area contributed by atoms with Gasteiger partial charge in [0.25, 0.3) is 5.91 Å². The second-order valence-electron chi connectivity index (χ2n) is 8.95. The Morgan fingerprint density at radius 3 is 2.53 bits per heavy atom. The normalized spacial score (nSPS) is 16.5. The molecule has 176 valence electrons. The Hall–Kier alpha value is -4.23. The molecule has 3 heterocycles. The Morgan fingerprint density at radius 1 is 0.972 bits per heavy atom. The van der Waals surface area contributed by atoms with E-state index in [0.29, 0.717) is 5.17 Å². The number of para-hydroxylation sites is 1. The third-order valence-corrected chi connectivity index (χ3v) is 7.43. The quantitative estimate of drug-likeness (QED) is 0.359. The predicted octanol–water partition coefficient (Wildman–Crippen LogP) is 5.97. The molecule has 0 unspecified atom stereocenters. The summed E-state index contributed by atoms with van der Waals surface area (Å²) in [7, 11) is 0. The minimum absolute atomic E-state index is 0.0374. The number of hydrazone groups is 1. The number of amidine groups is 2. The van der Waals surface area contributed by atoms with Gasteiger partial charge in [0.15, 0.2) is 5.84 Å². The Labute approximate surface area is 213 Å². The number of rotatable bonds is 4. The molecular weight excluding hydrogens is 466 g/mol. The maximum atomic E-state index is 13.0. The molecule has 1 amide bonds. The molecule has 6 nitrogen and oxygen atoms in total. The van der Waals surface area contributed by atoms with Gasteiger partial charge in [-0.15, -0.1) is 0 Å². The fourth-order valence-electron chi connectivity index (χ4n) is 4.45. The molecule has 0 aliphatic carbocycles. The van der Waals surface area contributed by atoms with E-state index in [1.807, 2.05) is 67.7 Å². The molecule has 2 aliphatic heterocycles. The molecule has 0 saturated heterocycles. The molecule has 6 rings (SSSR count). The molecule has 1 N–H and O–H groups in total. The highest BCUT2D eigenvalue weighted by atomic mass is 32.2. The lowest BCUT2D eigenvalue weighted by atomic mass is 10.1. The number of nitrogens with one attached hydrogen (secondary N) is 1. The summed E-state index contributed by atoms with van der Waals surface area (Å²) >= 11 is 1.31. The number of hydrogen-bond donors (Lipinski definition) is 1. The van der Waals surface area contributed by atoms with E-state index in [0.717, 1.165) is 39.2 Å². The monoisotopic (exact) mass is 489 g/mol. The van der Waals surface area contributed by atoms with E-state index < -0.39 is 5.91 Å². The van der Waals surface area contributed by atoms with E-state index in [2.05, 4.69) is 39.8 Å². The first-order valence-electron chi connectivity index (χ1n) is 11.7. The zero-order chi connectivity index (χ0) is 24.8. The second kappa shape index (κ2) is 8.77. The Morgan fingerprint density at radius 2 is 1.72 bits per heavy atom. The predicted molar refractivity (Wildman–Crippen MR) is 148 cm³/mol. The van der Waals surface area contributed by atoms with Crippen molar-refractivity contribution in [3.8, 4) is 0 Å². The highest BCUT2D eigenvalue weighted by Crippen LogP contribution is 2.32. The number of aliphatic imine (C=N–C) groups is 1. The van der Waals surface area contributed by atoms with Crippen molar-refractivity contribution in [1.82, 2.24) is 9.58 Å². The number of amides is 1. The first-order valence-corrected chi connectivity index (χ1v) is 12.5. The third kappa shape index (κ3) is 3.87. The molecule has 0 bridgehead atoms. The SMILES string of the molecule is Cc1ccc(C2=NN3C(=N)/C(=C\c4cn(Cc5ccccc5C)c5ccccc45)C(=O)N=C3S2)cc1. The summed E-state index contributed by atoms with van der Waals surface area (Å²) in [6.45, 7) is 4.86. The van der Waals surface area contributed by atoms with Crippen molar-refractivity contribution >= 4 is 50.7 Å². The largest absolute Gasteiger partial charge is 0.342 e. The molecule has 0 radical (unpaired) electrons. The minimum atomic E-state index is -0.421. The van der Waals surface area contributed by atoms with Crippen molar-refractivity contribution in [2.45, 2.75) is 20.4 Å². The summed E-state index contributed by atoms with van der Waals surface area (Å²) < 4.78 is 2.19. The van der Waals surface area contributed by atoms with Gasteiger partial charge in [0.05, 0.1) is 5.57 Å². The number of nitrogens with zero attached hydrogens (tertiary/aromatic N) is 4. The van der Waals surface area contributed by atoms with Crippen LogP contribution in [0, 0.1) is 19.3 Å². The smallest absolute Gasteiger partial charge is 0.283 e. The topological polar surface area (TPSA) is 73.8 Å². The maximum Gasteiger partial charge on any atom is 0.283 e. The summed E-state index contributed by atoms with van der Waals surface area (Å²) in [5.41, 5.74) is 6.74. The lowest BCUT2D eigenvalue weighted by molar-refractivity contribution is -0.114. The molecule has 3 aromatic carbocycles. The van der Waals surface area contributed by atoms with E-state index >= 15 is 0 Å². The molecule has 1 aromatic heterocycles. The number of benzene rings is 3. The van der Waals surface area contributed by atoms with Gasteiger partial charge in [-0.3, -0.25) is 10.2 Å². The summed E-state index contributed by atoms with van der Waals surface area (Å²) in [5.74, 6) is -0.384. The Bertz CT molecular complexity index is 1640. The van der Waals surface area contributed by atoms with Crippen LogP contribution in [0.5, 0.6) is 0 Å². The molecule has 2 aliphatic rings. The van der Waals surface area contributed by atoms with Crippen molar-refractivity contribution in [2.75, 3.05) is 0 Å². The van der Waals surface area contributed by atoms with Crippen LogP contribution in [0.3, 0.4) is 0 Å². The highest BCUT2D eigenvalue weighted by Gasteiger charge is 2.36. The number of hydrogen-bond acceptors (Lipinski definition) is 4. The summed E-state index contributed by atoms with van der Waals surface area (Å²) in [6.07, 6.45) is 3.81. The van der Waals surface area contributed by atoms with Crippen LogP contribution in [0.4, 0.5) is 0 Å². The highest BCUT2D eigenvalue weighted by molar-refractivity contribution is 8.27. The maximum absolute atomic E-state index is 13.0. The standard InChI is InChI=1S/C29H23N5OS/c1-18-11-13-20(14-12-18)28-32-34-26(30)24(27(35)31-29(34)36-28)15-22-17-33(25-10-6-5-9-23(22)25)16-21-8-4-3-7-19(21)2/h3-15,17,30H,16H2,1-2H3/b24-15+,30-26?. The van der Waals surface area contributed by atoms with Gasteiger partial charge in [-0.1, -0.05) is 72.3 Å². The van der Waals surface area contributed by atoms with Crippen LogP contribution in [0.15, 0.2) is 94.7 Å². The fraction of sp³-hybridized carbons (Fsp3) is 0.103. The molecule has 4 aromatic rings. The van der Waals surface area contributed by atoms with Gasteiger partial charge >= 0.3 is 0 Å². The lowest BCUT2D eigenvalue weighted by Gasteiger charge is -2.20. The third-order valence-electron chi connectivity index (χ3n) is 6.47. The van der Waals surface area contributed by atoms with Crippen LogP contribution in [0.1, 0.15) is 27.8 Å². The van der Waals surface area contributed by atoms with E-state index in [4.69, 9.17) is 5.41 Å². The average Bonchev–Trinajstić information content (AvgIpc) is 3.46. The number of aromatic nitrogens is 1. The van der Waals surface area contributed by atoms with Gasteiger partial charge in [-0.25, -0.2) is 0 Å². The van der Waals surface area contributed by atoms with E-state index in [-0.39, 0.29) is 11.4 Å². The molecule has 0 fully saturated rings. The van der Waals surface area contributed by atoms with Gasteiger partial charge in [0, 0.05) is 34.8 Å². The number of carbonyl (C=O) groups is 1. The number of thioether (sulfide) groups is 1. The molecule has 0 spiro atoms. The fourth-order valence-corrected chi connectivity index (χ4v) is 5.35. The van der Waals surface area contributed by atoms with Crippen LogP contribution < -0.4 is 0 Å². The van der Waals surface area contributed by atoms with E-state index in [1.54, 1.807) is 6.08 Å². The molecule has 0 saturated carbocycles. The van der Waals surface area contributed by atoms with Crippen LogP contribution in [0.25, 0.3) is 17.0 Å². The second-order valence-corrected chi connectivity index (χ2v) is 9.90. The first kappa shape index (κ1) is 22.2. The van der Waals surface area contributed by atoms with E-state index in [9.17, 15) is 4.79 Å². The van der Waals surface area contributed by atoms with Gasteiger partial charge in [0.2, 0.25) is 5.17 Å². The lowest BCUT2D eigenvalue weighted by Crippen LogP contribution is -2.35. The zero-order valence-corrected chi connectivity index (χ0v) is 20.7. The van der Waals surface area contributed by atoms with E-state index in [1.165, 1.54) is 27.9 Å².